The molecule has 1 aliphatic heterocycles. The lowest BCUT2D eigenvalue weighted by molar-refractivity contribution is 0.0789. The highest BCUT2D eigenvalue weighted by Crippen LogP contribution is 2.43. The first kappa shape index (κ1) is 20.1. The summed E-state index contributed by atoms with van der Waals surface area (Å²) >= 11 is 6.35. The van der Waals surface area contributed by atoms with Crippen molar-refractivity contribution in [3.8, 4) is 11.4 Å². The molecule has 31 heavy (non-hydrogen) atoms. The van der Waals surface area contributed by atoms with Gasteiger partial charge in [-0.05, 0) is 61.6 Å². The lowest BCUT2D eigenvalue weighted by atomic mass is 9.98. The maximum absolute atomic E-state index is 13.5. The minimum Gasteiger partial charge on any atom is -0.497 e. The predicted octanol–water partition coefficient (Wildman–Crippen LogP) is 5.35. The van der Waals surface area contributed by atoms with Gasteiger partial charge in [-0.2, -0.15) is 5.10 Å². The van der Waals surface area contributed by atoms with E-state index in [-0.39, 0.29) is 5.91 Å². The molecule has 1 aliphatic carbocycles. The van der Waals surface area contributed by atoms with Gasteiger partial charge in [-0.1, -0.05) is 29.8 Å². The van der Waals surface area contributed by atoms with Crippen molar-refractivity contribution in [2.75, 3.05) is 20.2 Å². The standard InChI is InChI=1S/C25H26ClN3O2/c1-16-3-8-20(13-23(16)26)29-24(18-4-5-18)22(14-27-29)25(30)28-12-11-19(15-28)17-6-9-21(31-2)10-7-17/h3,6-10,13-14,18-19H,4-5,11-12,15H2,1-2H3. The fourth-order valence-corrected chi connectivity index (χ4v) is 4.63. The molecule has 1 saturated carbocycles. The fourth-order valence-electron chi connectivity index (χ4n) is 4.45. The fraction of sp³-hybridized carbons (Fsp3) is 0.360. The molecule has 3 aromatic rings. The van der Waals surface area contributed by atoms with Gasteiger partial charge in [0.25, 0.3) is 5.91 Å². The average molecular weight is 436 g/mol. The maximum Gasteiger partial charge on any atom is 0.257 e. The minimum atomic E-state index is 0.0855. The third-order valence-electron chi connectivity index (χ3n) is 6.46. The number of carbonyl (C=O) groups excluding carboxylic acids is 1. The highest BCUT2D eigenvalue weighted by molar-refractivity contribution is 6.31. The van der Waals surface area contributed by atoms with Crippen LogP contribution in [0.2, 0.25) is 5.02 Å². The summed E-state index contributed by atoms with van der Waals surface area (Å²) in [6.45, 7) is 3.48. The van der Waals surface area contributed by atoms with E-state index in [4.69, 9.17) is 16.3 Å². The van der Waals surface area contributed by atoms with E-state index in [1.807, 2.05) is 46.8 Å². The molecule has 0 N–H and O–H groups in total. The second-order valence-corrected chi connectivity index (χ2v) is 8.98. The van der Waals surface area contributed by atoms with Crippen LogP contribution in [-0.2, 0) is 0 Å². The summed E-state index contributed by atoms with van der Waals surface area (Å²) in [5, 5.41) is 5.32. The number of aromatic nitrogens is 2. The molecule has 2 aromatic carbocycles. The predicted molar refractivity (Wildman–Crippen MR) is 122 cm³/mol. The molecule has 6 heteroatoms. The van der Waals surface area contributed by atoms with E-state index in [1.54, 1.807) is 13.3 Å². The number of amides is 1. The molecule has 1 aromatic heterocycles. The Balaban J connectivity index is 1.39. The van der Waals surface area contributed by atoms with Crippen molar-refractivity contribution in [3.05, 3.63) is 76.1 Å². The molecule has 5 nitrogen and oxygen atoms in total. The molecular weight excluding hydrogens is 410 g/mol. The molecule has 0 bridgehead atoms. The number of ether oxygens (including phenoxy) is 1. The molecule has 0 radical (unpaired) electrons. The Morgan fingerprint density at radius 1 is 1.10 bits per heavy atom. The molecule has 1 amide bonds. The Labute approximate surface area is 187 Å². The van der Waals surface area contributed by atoms with Gasteiger partial charge in [0.15, 0.2) is 0 Å². The van der Waals surface area contributed by atoms with Gasteiger partial charge in [0.05, 0.1) is 30.3 Å². The molecule has 1 unspecified atom stereocenters. The van der Waals surface area contributed by atoms with E-state index >= 15 is 0 Å². The molecule has 1 saturated heterocycles. The van der Waals surface area contributed by atoms with Crippen LogP contribution in [0.25, 0.3) is 5.69 Å². The van der Waals surface area contributed by atoms with Crippen LogP contribution in [0.5, 0.6) is 5.75 Å². The van der Waals surface area contributed by atoms with Crippen LogP contribution in [0.15, 0.2) is 48.7 Å². The summed E-state index contributed by atoms with van der Waals surface area (Å²) < 4.78 is 7.17. The van der Waals surface area contributed by atoms with Crippen LogP contribution in [-0.4, -0.2) is 40.8 Å². The van der Waals surface area contributed by atoms with Crippen LogP contribution in [0.4, 0.5) is 0 Å². The second kappa shape index (κ2) is 8.04. The Morgan fingerprint density at radius 3 is 2.55 bits per heavy atom. The summed E-state index contributed by atoms with van der Waals surface area (Å²) in [5.74, 6) is 1.68. The monoisotopic (exact) mass is 435 g/mol. The van der Waals surface area contributed by atoms with Crippen LogP contribution in [0.1, 0.15) is 58.3 Å². The molecular formula is C25H26ClN3O2. The maximum atomic E-state index is 13.5. The molecule has 5 rings (SSSR count). The van der Waals surface area contributed by atoms with Gasteiger partial charge in [-0.15, -0.1) is 0 Å². The number of hydrogen-bond donors (Lipinski definition) is 0. The van der Waals surface area contributed by atoms with Crippen LogP contribution in [0, 0.1) is 6.92 Å². The molecule has 2 heterocycles. The van der Waals surface area contributed by atoms with Crippen molar-refractivity contribution < 1.29 is 9.53 Å². The van der Waals surface area contributed by atoms with Crippen molar-refractivity contribution in [2.45, 2.75) is 38.0 Å². The van der Waals surface area contributed by atoms with Gasteiger partial charge in [-0.3, -0.25) is 4.79 Å². The molecule has 0 spiro atoms. The summed E-state index contributed by atoms with van der Waals surface area (Å²) in [6.07, 6.45) is 4.91. The normalized spacial score (nSPS) is 18.4. The van der Waals surface area contributed by atoms with Gasteiger partial charge in [0, 0.05) is 29.9 Å². The quantitative estimate of drug-likeness (QED) is 0.542. The smallest absolute Gasteiger partial charge is 0.257 e. The molecule has 2 aliphatic rings. The van der Waals surface area contributed by atoms with E-state index in [0.29, 0.717) is 16.9 Å². The number of nitrogens with zero attached hydrogens (tertiary/aromatic N) is 3. The van der Waals surface area contributed by atoms with Crippen molar-refractivity contribution in [2.24, 2.45) is 0 Å². The van der Waals surface area contributed by atoms with Crippen LogP contribution >= 0.6 is 11.6 Å². The second-order valence-electron chi connectivity index (χ2n) is 8.57. The SMILES string of the molecule is COc1ccc(C2CCN(C(=O)c3cnn(-c4ccc(C)c(Cl)c4)c3C3CC3)C2)cc1. The van der Waals surface area contributed by atoms with Gasteiger partial charge < -0.3 is 9.64 Å². The first-order valence-corrected chi connectivity index (χ1v) is 11.2. The van der Waals surface area contributed by atoms with Crippen molar-refractivity contribution >= 4 is 17.5 Å². The molecule has 2 fully saturated rings. The highest BCUT2D eigenvalue weighted by Gasteiger charge is 2.36. The average Bonchev–Trinajstić information content (AvgIpc) is 3.34. The summed E-state index contributed by atoms with van der Waals surface area (Å²) in [5.41, 5.74) is 4.95. The number of aryl methyl sites for hydroxylation is 1. The number of halogens is 1. The Morgan fingerprint density at radius 2 is 1.87 bits per heavy atom. The highest BCUT2D eigenvalue weighted by atomic mass is 35.5. The zero-order chi connectivity index (χ0) is 21.5. The number of rotatable bonds is 5. The minimum absolute atomic E-state index is 0.0855. The third kappa shape index (κ3) is 3.83. The van der Waals surface area contributed by atoms with E-state index in [0.717, 1.165) is 60.6 Å². The van der Waals surface area contributed by atoms with E-state index in [9.17, 15) is 4.79 Å². The van der Waals surface area contributed by atoms with Crippen LogP contribution < -0.4 is 4.74 Å². The van der Waals surface area contributed by atoms with Crippen molar-refractivity contribution in [3.63, 3.8) is 0 Å². The van der Waals surface area contributed by atoms with Crippen molar-refractivity contribution in [1.29, 1.82) is 0 Å². The number of carbonyl (C=O) groups is 1. The van der Waals surface area contributed by atoms with E-state index in [1.165, 1.54) is 5.56 Å². The van der Waals surface area contributed by atoms with E-state index < -0.39 is 0 Å². The number of benzene rings is 2. The first-order valence-electron chi connectivity index (χ1n) is 10.8. The molecule has 1 atom stereocenters. The van der Waals surface area contributed by atoms with Crippen molar-refractivity contribution in [1.82, 2.24) is 14.7 Å². The van der Waals surface area contributed by atoms with Gasteiger partial charge in [-0.25, -0.2) is 4.68 Å². The van der Waals surface area contributed by atoms with Gasteiger partial charge in [0.2, 0.25) is 0 Å². The zero-order valence-corrected chi connectivity index (χ0v) is 18.6. The lowest BCUT2D eigenvalue weighted by Gasteiger charge is -2.18. The Hall–Kier alpha value is -2.79. The largest absolute Gasteiger partial charge is 0.497 e. The first-order chi connectivity index (χ1) is 15.0. The molecule has 160 valence electrons. The zero-order valence-electron chi connectivity index (χ0n) is 17.8. The summed E-state index contributed by atoms with van der Waals surface area (Å²) in [6, 6.07) is 14.1. The Bertz CT molecular complexity index is 1120. The summed E-state index contributed by atoms with van der Waals surface area (Å²) in [4.78, 5) is 15.4. The third-order valence-corrected chi connectivity index (χ3v) is 6.87. The Kier molecular flexibility index (Phi) is 5.22. The number of methoxy groups -OCH3 is 1. The van der Waals surface area contributed by atoms with Gasteiger partial charge in [0.1, 0.15) is 5.75 Å². The number of likely N-dealkylation sites (tertiary alicyclic amines) is 1. The topological polar surface area (TPSA) is 47.4 Å². The lowest BCUT2D eigenvalue weighted by Crippen LogP contribution is -2.29. The van der Waals surface area contributed by atoms with E-state index in [2.05, 4.69) is 17.2 Å². The number of hydrogen-bond acceptors (Lipinski definition) is 3. The van der Waals surface area contributed by atoms with Gasteiger partial charge >= 0.3 is 0 Å². The summed E-state index contributed by atoms with van der Waals surface area (Å²) in [7, 11) is 1.67. The van der Waals surface area contributed by atoms with Crippen LogP contribution in [0.3, 0.4) is 0 Å².